The van der Waals surface area contributed by atoms with Crippen molar-refractivity contribution in [2.24, 2.45) is 0 Å². The highest BCUT2D eigenvalue weighted by Gasteiger charge is 2.28. The lowest BCUT2D eigenvalue weighted by atomic mass is 9.92. The summed E-state index contributed by atoms with van der Waals surface area (Å²) in [6.07, 6.45) is 0.556. The number of fused-ring (bicyclic) bond motifs is 8. The summed E-state index contributed by atoms with van der Waals surface area (Å²) in [5.74, 6) is 0.886. The molecule has 57 heavy (non-hydrogen) atoms. The number of benzene rings is 9. The van der Waals surface area contributed by atoms with Gasteiger partial charge < -0.3 is 14.1 Å². The molecule has 11 rings (SSSR count). The molecule has 0 saturated heterocycles. The van der Waals surface area contributed by atoms with Crippen molar-refractivity contribution in [3.8, 4) is 28.0 Å². The summed E-state index contributed by atoms with van der Waals surface area (Å²) >= 11 is 0. The number of rotatable bonds is 6. The van der Waals surface area contributed by atoms with Crippen LogP contribution in [0.25, 0.3) is 65.7 Å². The quantitative estimate of drug-likeness (QED) is 0.126. The van der Waals surface area contributed by atoms with E-state index in [0.717, 1.165) is 79.0 Å². The van der Waals surface area contributed by atoms with E-state index in [1.807, 2.05) is 6.07 Å². The molecular formula is C54H37NO2. The minimum Gasteiger partial charge on any atom is -0.480 e. The first kappa shape index (κ1) is 33.0. The van der Waals surface area contributed by atoms with Crippen molar-refractivity contribution in [1.82, 2.24) is 0 Å². The van der Waals surface area contributed by atoms with Crippen molar-refractivity contribution in [3.05, 3.63) is 217 Å². The number of furan rings is 1. The fourth-order valence-corrected chi connectivity index (χ4v) is 8.65. The molecule has 0 fully saturated rings. The lowest BCUT2D eigenvalue weighted by Crippen LogP contribution is -2.17. The van der Waals surface area contributed by atoms with E-state index >= 15 is 0 Å². The van der Waals surface area contributed by atoms with E-state index in [0.29, 0.717) is 0 Å². The molecule has 3 nitrogen and oxygen atoms in total. The third-order valence-corrected chi connectivity index (χ3v) is 11.5. The molecule has 0 N–H and O–H groups in total. The summed E-state index contributed by atoms with van der Waals surface area (Å²) in [6.45, 7) is 4.40. The van der Waals surface area contributed by atoms with Gasteiger partial charge in [-0.25, -0.2) is 0 Å². The number of anilines is 3. The Morgan fingerprint density at radius 3 is 1.96 bits per heavy atom. The molecule has 1 aliphatic rings. The van der Waals surface area contributed by atoms with Crippen molar-refractivity contribution >= 4 is 60.5 Å². The molecule has 270 valence electrons. The standard InChI is InChI=1S/C54H37NO2/c1-35-31-43-24-30-51-52(54(43)57-53(35)39-14-6-3-7-15-39)49-34-41(23-29-50(49)56-51)37-21-25-44(26-22-37)55(45-17-10-16-40(32-45)36-11-4-2-5-12-36)46-27-28-48-42(33-46)20-19-38-13-8-9-18-47(38)48/h2-30,32-34,53H,1,31H2. The average molecular weight is 732 g/mol. The maximum absolute atomic E-state index is 6.80. The van der Waals surface area contributed by atoms with E-state index in [4.69, 9.17) is 9.15 Å². The summed E-state index contributed by atoms with van der Waals surface area (Å²) in [6, 6.07) is 69.2. The van der Waals surface area contributed by atoms with E-state index < -0.39 is 0 Å². The fourth-order valence-electron chi connectivity index (χ4n) is 8.65. The number of nitrogens with zero attached hydrogens (tertiary/aromatic N) is 1. The maximum atomic E-state index is 6.80. The van der Waals surface area contributed by atoms with E-state index in [9.17, 15) is 0 Å². The van der Waals surface area contributed by atoms with Gasteiger partial charge in [-0.05, 0) is 115 Å². The second kappa shape index (κ2) is 13.4. The Morgan fingerprint density at radius 2 is 1.11 bits per heavy atom. The summed E-state index contributed by atoms with van der Waals surface area (Å²) in [4.78, 5) is 2.36. The molecule has 1 aromatic heterocycles. The highest BCUT2D eigenvalue weighted by Crippen LogP contribution is 2.46. The predicted octanol–water partition coefficient (Wildman–Crippen LogP) is 14.9. The molecule has 0 bridgehead atoms. The minimum absolute atomic E-state index is 0.205. The summed E-state index contributed by atoms with van der Waals surface area (Å²) in [7, 11) is 0. The molecule has 0 aliphatic carbocycles. The minimum atomic E-state index is -0.205. The molecular weight excluding hydrogens is 695 g/mol. The maximum Gasteiger partial charge on any atom is 0.145 e. The molecule has 0 spiro atoms. The van der Waals surface area contributed by atoms with Crippen LogP contribution in [0.3, 0.4) is 0 Å². The molecule has 1 aliphatic heterocycles. The molecule has 0 amide bonds. The molecule has 0 saturated carbocycles. The zero-order valence-corrected chi connectivity index (χ0v) is 31.2. The number of hydrogen-bond acceptors (Lipinski definition) is 3. The van der Waals surface area contributed by atoms with Crippen LogP contribution in [-0.4, -0.2) is 0 Å². The molecule has 3 heteroatoms. The summed E-state index contributed by atoms with van der Waals surface area (Å²) < 4.78 is 13.2. The SMILES string of the molecule is C=C1Cc2ccc3oc4ccc(-c5ccc(N(c6cccc(-c7ccccc7)c6)c6ccc7c(ccc8ccccc87)c6)cc5)cc4c3c2OC1c1ccccc1. The van der Waals surface area contributed by atoms with Gasteiger partial charge in [-0.2, -0.15) is 0 Å². The van der Waals surface area contributed by atoms with Crippen LogP contribution in [0, 0.1) is 0 Å². The Labute approximate surface area is 331 Å². The van der Waals surface area contributed by atoms with E-state index in [1.54, 1.807) is 0 Å². The predicted molar refractivity (Wildman–Crippen MR) is 237 cm³/mol. The van der Waals surface area contributed by atoms with Gasteiger partial charge in [-0.3, -0.25) is 0 Å². The third-order valence-electron chi connectivity index (χ3n) is 11.5. The van der Waals surface area contributed by atoms with Crippen LogP contribution in [0.1, 0.15) is 17.2 Å². The topological polar surface area (TPSA) is 25.6 Å². The Balaban J connectivity index is 1.00. The van der Waals surface area contributed by atoms with Gasteiger partial charge in [0.25, 0.3) is 0 Å². The van der Waals surface area contributed by atoms with Crippen molar-refractivity contribution < 1.29 is 9.15 Å². The van der Waals surface area contributed by atoms with E-state index in [-0.39, 0.29) is 6.10 Å². The first-order valence-electron chi connectivity index (χ1n) is 19.5. The van der Waals surface area contributed by atoms with Crippen LogP contribution in [0.5, 0.6) is 5.75 Å². The van der Waals surface area contributed by atoms with Gasteiger partial charge in [0.2, 0.25) is 0 Å². The van der Waals surface area contributed by atoms with Crippen LogP contribution in [0.4, 0.5) is 17.1 Å². The van der Waals surface area contributed by atoms with Crippen LogP contribution in [0.2, 0.25) is 0 Å². The third kappa shape index (κ3) is 5.75. The van der Waals surface area contributed by atoms with Crippen molar-refractivity contribution in [2.75, 3.05) is 4.90 Å². The van der Waals surface area contributed by atoms with Crippen molar-refractivity contribution in [1.29, 1.82) is 0 Å². The molecule has 0 radical (unpaired) electrons. The zero-order valence-electron chi connectivity index (χ0n) is 31.2. The Kier molecular flexibility index (Phi) is 7.78. The highest BCUT2D eigenvalue weighted by molar-refractivity contribution is 6.11. The molecule has 10 aromatic rings. The smallest absolute Gasteiger partial charge is 0.145 e. The lowest BCUT2D eigenvalue weighted by Gasteiger charge is -2.29. The normalized spacial score (nSPS) is 13.9. The van der Waals surface area contributed by atoms with Gasteiger partial charge >= 0.3 is 0 Å². The van der Waals surface area contributed by atoms with Crippen LogP contribution in [0.15, 0.2) is 211 Å². The number of ether oxygens (including phenoxy) is 1. The Morgan fingerprint density at radius 1 is 0.456 bits per heavy atom. The second-order valence-corrected chi connectivity index (χ2v) is 15.0. The van der Waals surface area contributed by atoms with Gasteiger partial charge in [0.15, 0.2) is 0 Å². The van der Waals surface area contributed by atoms with Gasteiger partial charge in [-0.1, -0.05) is 146 Å². The van der Waals surface area contributed by atoms with Gasteiger partial charge in [0.05, 0.1) is 5.39 Å². The zero-order chi connectivity index (χ0) is 37.9. The second-order valence-electron chi connectivity index (χ2n) is 15.0. The van der Waals surface area contributed by atoms with Crippen molar-refractivity contribution in [3.63, 3.8) is 0 Å². The lowest BCUT2D eigenvalue weighted by molar-refractivity contribution is 0.229. The van der Waals surface area contributed by atoms with Crippen LogP contribution < -0.4 is 9.64 Å². The van der Waals surface area contributed by atoms with Gasteiger partial charge in [0, 0.05) is 28.9 Å². The summed E-state index contributed by atoms with van der Waals surface area (Å²) in [5.41, 5.74) is 12.8. The molecule has 9 aromatic carbocycles. The number of hydrogen-bond donors (Lipinski definition) is 0. The van der Waals surface area contributed by atoms with Gasteiger partial charge in [0.1, 0.15) is 23.0 Å². The average Bonchev–Trinajstić information content (AvgIpc) is 3.65. The first-order chi connectivity index (χ1) is 28.1. The van der Waals surface area contributed by atoms with Crippen molar-refractivity contribution in [2.45, 2.75) is 12.5 Å². The molecule has 2 heterocycles. The molecule has 1 atom stereocenters. The fraction of sp³-hybridized carbons (Fsp3) is 0.0370. The summed E-state index contributed by atoms with van der Waals surface area (Å²) in [5, 5.41) is 7.03. The Hall–Kier alpha value is -7.36. The van der Waals surface area contributed by atoms with E-state index in [1.165, 1.54) is 32.7 Å². The highest BCUT2D eigenvalue weighted by atomic mass is 16.5. The monoisotopic (exact) mass is 731 g/mol. The Bertz CT molecular complexity index is 3140. The first-order valence-corrected chi connectivity index (χ1v) is 19.5. The van der Waals surface area contributed by atoms with Gasteiger partial charge in [-0.15, -0.1) is 0 Å². The largest absolute Gasteiger partial charge is 0.480 e. The van der Waals surface area contributed by atoms with Crippen LogP contribution in [-0.2, 0) is 6.42 Å². The van der Waals surface area contributed by atoms with E-state index in [2.05, 4.69) is 200 Å². The molecule has 1 unspecified atom stereocenters. The van der Waals surface area contributed by atoms with Crippen LogP contribution >= 0.6 is 0 Å².